The van der Waals surface area contributed by atoms with Gasteiger partial charge < -0.3 is 20.3 Å². The molecule has 3 amide bonds. The largest absolute Gasteiger partial charge is 0.377 e. The van der Waals surface area contributed by atoms with Gasteiger partial charge in [0.25, 0.3) is 0 Å². The molecule has 6 nitrogen and oxygen atoms in total. The fourth-order valence-electron chi connectivity index (χ4n) is 2.83. The van der Waals surface area contributed by atoms with Gasteiger partial charge in [-0.1, -0.05) is 12.1 Å². The number of benzene rings is 1. The summed E-state index contributed by atoms with van der Waals surface area (Å²) < 4.78 is 5.36. The minimum absolute atomic E-state index is 0.0654. The predicted molar refractivity (Wildman–Crippen MR) is 91.7 cm³/mol. The quantitative estimate of drug-likeness (QED) is 0.890. The molecular weight excluding hydrogens is 306 g/mol. The second-order valence-electron chi connectivity index (χ2n) is 6.67. The normalized spacial score (nSPS) is 21.9. The molecule has 6 heteroatoms. The summed E-state index contributed by atoms with van der Waals surface area (Å²) in [4.78, 5) is 26.0. The molecule has 1 saturated heterocycles. The van der Waals surface area contributed by atoms with E-state index in [1.165, 1.54) is 0 Å². The van der Waals surface area contributed by atoms with Crippen LogP contribution in [0.1, 0.15) is 38.3 Å². The summed E-state index contributed by atoms with van der Waals surface area (Å²) in [6, 6.07) is 7.58. The molecule has 1 aliphatic heterocycles. The molecule has 2 N–H and O–H groups in total. The molecule has 1 aromatic carbocycles. The number of anilines is 1. The van der Waals surface area contributed by atoms with Crippen LogP contribution in [0, 0.1) is 5.92 Å². The number of rotatable bonds is 4. The molecule has 130 valence electrons. The van der Waals surface area contributed by atoms with Crippen LogP contribution in [-0.2, 0) is 9.53 Å². The minimum Gasteiger partial charge on any atom is -0.377 e. The SMILES string of the molecule is C[C@@H]1COCCN1C(=O)N[C@H](C)c1ccc(NC(=O)C2CC2)cc1. The van der Waals surface area contributed by atoms with E-state index in [-0.39, 0.29) is 29.9 Å². The first kappa shape index (κ1) is 16.8. The molecular formula is C18H25N3O3. The van der Waals surface area contributed by atoms with Crippen LogP contribution >= 0.6 is 0 Å². The fraction of sp³-hybridized carbons (Fsp3) is 0.556. The lowest BCUT2D eigenvalue weighted by atomic mass is 10.1. The summed E-state index contributed by atoms with van der Waals surface area (Å²) in [5.74, 6) is 0.295. The van der Waals surface area contributed by atoms with Crippen molar-refractivity contribution in [3.63, 3.8) is 0 Å². The number of morpholine rings is 1. The maximum atomic E-state index is 12.4. The molecule has 1 aromatic rings. The van der Waals surface area contributed by atoms with Crippen LogP contribution in [0.25, 0.3) is 0 Å². The molecule has 0 radical (unpaired) electrons. The molecule has 0 bridgehead atoms. The second-order valence-corrected chi connectivity index (χ2v) is 6.67. The Balaban J connectivity index is 1.55. The van der Waals surface area contributed by atoms with Gasteiger partial charge in [0.05, 0.1) is 25.3 Å². The summed E-state index contributed by atoms with van der Waals surface area (Å²) in [6.45, 7) is 5.73. The highest BCUT2D eigenvalue weighted by Gasteiger charge is 2.29. The van der Waals surface area contributed by atoms with Gasteiger partial charge in [-0.05, 0) is 44.4 Å². The summed E-state index contributed by atoms with van der Waals surface area (Å²) in [6.07, 6.45) is 1.99. The Morgan fingerprint density at radius 1 is 1.25 bits per heavy atom. The number of nitrogens with one attached hydrogen (secondary N) is 2. The Hall–Kier alpha value is -2.08. The van der Waals surface area contributed by atoms with E-state index in [0.29, 0.717) is 19.8 Å². The number of hydrogen-bond donors (Lipinski definition) is 2. The zero-order valence-electron chi connectivity index (χ0n) is 14.2. The molecule has 24 heavy (non-hydrogen) atoms. The van der Waals surface area contributed by atoms with Gasteiger partial charge >= 0.3 is 6.03 Å². The molecule has 1 aliphatic carbocycles. The van der Waals surface area contributed by atoms with E-state index in [9.17, 15) is 9.59 Å². The number of ether oxygens (including phenoxy) is 1. The first-order valence-electron chi connectivity index (χ1n) is 8.60. The predicted octanol–water partition coefficient (Wildman–Crippen LogP) is 2.53. The van der Waals surface area contributed by atoms with Gasteiger partial charge in [0.2, 0.25) is 5.91 Å². The molecule has 1 saturated carbocycles. The van der Waals surface area contributed by atoms with E-state index in [1.54, 1.807) is 0 Å². The maximum absolute atomic E-state index is 12.4. The summed E-state index contributed by atoms with van der Waals surface area (Å²) in [7, 11) is 0. The Morgan fingerprint density at radius 2 is 1.96 bits per heavy atom. The van der Waals surface area contributed by atoms with Gasteiger partial charge in [-0.2, -0.15) is 0 Å². The van der Waals surface area contributed by atoms with Crippen LogP contribution in [0.5, 0.6) is 0 Å². The zero-order valence-corrected chi connectivity index (χ0v) is 14.2. The van der Waals surface area contributed by atoms with Gasteiger partial charge in [-0.15, -0.1) is 0 Å². The maximum Gasteiger partial charge on any atom is 0.318 e. The minimum atomic E-state index is -0.0965. The van der Waals surface area contributed by atoms with Gasteiger partial charge in [-0.3, -0.25) is 4.79 Å². The molecule has 3 rings (SSSR count). The zero-order chi connectivity index (χ0) is 17.1. The number of hydrogen-bond acceptors (Lipinski definition) is 3. The van der Waals surface area contributed by atoms with Crippen LogP contribution in [0.3, 0.4) is 0 Å². The second kappa shape index (κ2) is 7.21. The number of carbonyl (C=O) groups excluding carboxylic acids is 2. The molecule has 2 fully saturated rings. The van der Waals surface area contributed by atoms with Crippen LogP contribution in [0.15, 0.2) is 24.3 Å². The highest BCUT2D eigenvalue weighted by atomic mass is 16.5. The van der Waals surface area contributed by atoms with Crippen molar-refractivity contribution < 1.29 is 14.3 Å². The highest BCUT2D eigenvalue weighted by molar-refractivity contribution is 5.94. The first-order chi connectivity index (χ1) is 11.5. The lowest BCUT2D eigenvalue weighted by Gasteiger charge is -2.34. The Labute approximate surface area is 142 Å². The average Bonchev–Trinajstić information content (AvgIpc) is 3.40. The summed E-state index contributed by atoms with van der Waals surface area (Å²) >= 11 is 0. The molecule has 1 heterocycles. The lowest BCUT2D eigenvalue weighted by molar-refractivity contribution is -0.117. The van der Waals surface area contributed by atoms with Gasteiger partial charge in [0.15, 0.2) is 0 Å². The van der Waals surface area contributed by atoms with E-state index < -0.39 is 0 Å². The van der Waals surface area contributed by atoms with Crippen molar-refractivity contribution in [2.45, 2.75) is 38.8 Å². The van der Waals surface area contributed by atoms with Gasteiger partial charge in [0.1, 0.15) is 0 Å². The van der Waals surface area contributed by atoms with Gasteiger partial charge in [0, 0.05) is 18.2 Å². The molecule has 2 atom stereocenters. The van der Waals surface area contributed by atoms with Crippen LogP contribution in [0.2, 0.25) is 0 Å². The van der Waals surface area contributed by atoms with Crippen molar-refractivity contribution in [2.24, 2.45) is 5.92 Å². The number of urea groups is 1. The molecule has 0 spiro atoms. The third-order valence-electron chi connectivity index (χ3n) is 4.59. The van der Waals surface area contributed by atoms with E-state index in [2.05, 4.69) is 10.6 Å². The summed E-state index contributed by atoms with van der Waals surface area (Å²) in [5, 5.41) is 5.95. The van der Waals surface area contributed by atoms with Crippen LogP contribution in [0.4, 0.5) is 10.5 Å². The topological polar surface area (TPSA) is 70.7 Å². The lowest BCUT2D eigenvalue weighted by Crippen LogP contribution is -2.51. The smallest absolute Gasteiger partial charge is 0.318 e. The van der Waals surface area contributed by atoms with E-state index in [0.717, 1.165) is 24.1 Å². The standard InChI is InChI=1S/C18H25N3O3/c1-12-11-24-10-9-21(12)18(23)19-13(2)14-5-7-16(8-6-14)20-17(22)15-3-4-15/h5-8,12-13,15H,3-4,9-11H2,1-2H3,(H,19,23)(H,20,22)/t12-,13-/m1/s1. The molecule has 0 aromatic heterocycles. The monoisotopic (exact) mass is 331 g/mol. The average molecular weight is 331 g/mol. The Morgan fingerprint density at radius 3 is 2.58 bits per heavy atom. The van der Waals surface area contributed by atoms with Gasteiger partial charge in [-0.25, -0.2) is 4.79 Å². The van der Waals surface area contributed by atoms with Crippen molar-refractivity contribution in [3.8, 4) is 0 Å². The van der Waals surface area contributed by atoms with Crippen molar-refractivity contribution in [1.82, 2.24) is 10.2 Å². The molecule has 0 unspecified atom stereocenters. The van der Waals surface area contributed by atoms with Crippen molar-refractivity contribution in [3.05, 3.63) is 29.8 Å². The molecule has 2 aliphatic rings. The van der Waals surface area contributed by atoms with E-state index in [4.69, 9.17) is 4.74 Å². The van der Waals surface area contributed by atoms with Crippen molar-refractivity contribution in [1.29, 1.82) is 0 Å². The summed E-state index contributed by atoms with van der Waals surface area (Å²) in [5.41, 5.74) is 1.81. The Kier molecular flexibility index (Phi) is 5.04. The van der Waals surface area contributed by atoms with Crippen molar-refractivity contribution >= 4 is 17.6 Å². The third-order valence-corrected chi connectivity index (χ3v) is 4.59. The third kappa shape index (κ3) is 4.06. The van der Waals surface area contributed by atoms with E-state index in [1.807, 2.05) is 43.0 Å². The van der Waals surface area contributed by atoms with Crippen LogP contribution < -0.4 is 10.6 Å². The Bertz CT molecular complexity index is 598. The number of nitrogens with zero attached hydrogens (tertiary/aromatic N) is 1. The fourth-order valence-corrected chi connectivity index (χ4v) is 2.83. The number of amides is 3. The van der Waals surface area contributed by atoms with E-state index >= 15 is 0 Å². The van der Waals surface area contributed by atoms with Crippen molar-refractivity contribution in [2.75, 3.05) is 25.1 Å². The highest BCUT2D eigenvalue weighted by Crippen LogP contribution is 2.30. The van der Waals surface area contributed by atoms with Crippen LogP contribution in [-0.4, -0.2) is 42.6 Å². The number of carbonyl (C=O) groups is 2. The first-order valence-corrected chi connectivity index (χ1v) is 8.60.